The second-order valence-electron chi connectivity index (χ2n) is 16.9. The van der Waals surface area contributed by atoms with Crippen LogP contribution in [0.25, 0.3) is 55.0 Å². The fourth-order valence-electron chi connectivity index (χ4n) is 9.75. The fraction of sp³-hybridized carbons (Fsp3) is 0.200. The van der Waals surface area contributed by atoms with Gasteiger partial charge in [0.1, 0.15) is 5.58 Å². The molecule has 2 aliphatic carbocycles. The van der Waals surface area contributed by atoms with Gasteiger partial charge in [-0.2, -0.15) is 0 Å². The summed E-state index contributed by atoms with van der Waals surface area (Å²) in [5, 5.41) is 4.79. The zero-order valence-corrected chi connectivity index (χ0v) is 31.1. The first-order chi connectivity index (χ1) is 25.0. The maximum absolute atomic E-state index is 7.02. The number of benzene rings is 7. The van der Waals surface area contributed by atoms with Gasteiger partial charge >= 0.3 is 0 Å². The number of para-hydroxylation sites is 3. The minimum absolute atomic E-state index is 0.0560. The lowest BCUT2D eigenvalue weighted by Crippen LogP contribution is -2.24. The highest BCUT2D eigenvalue weighted by atomic mass is 16.3. The van der Waals surface area contributed by atoms with Gasteiger partial charge in [-0.1, -0.05) is 158 Å². The van der Waals surface area contributed by atoms with E-state index in [0.717, 1.165) is 39.0 Å². The molecule has 0 spiro atoms. The van der Waals surface area contributed by atoms with E-state index in [-0.39, 0.29) is 16.2 Å². The van der Waals surface area contributed by atoms with Gasteiger partial charge in [0, 0.05) is 38.2 Å². The highest BCUT2D eigenvalue weighted by molar-refractivity contribution is 6.15. The van der Waals surface area contributed by atoms with Crippen molar-refractivity contribution in [1.29, 1.82) is 0 Å². The van der Waals surface area contributed by atoms with Gasteiger partial charge in [-0.05, 0) is 79.6 Å². The van der Waals surface area contributed by atoms with E-state index in [0.29, 0.717) is 0 Å². The van der Waals surface area contributed by atoms with Crippen molar-refractivity contribution in [3.05, 3.63) is 161 Å². The quantitative estimate of drug-likeness (QED) is 0.186. The van der Waals surface area contributed by atoms with Crippen molar-refractivity contribution in [3.63, 3.8) is 0 Å². The standard InChI is InChI=1S/C50H43NO/c1-48(2,3)39-25-15-22-35-36-23-16-26-41(47(36)52-46(35)39)51(30-17-9-8-10-18-30)42-29-40-43(33-21-12-11-20-32(33)42)37-28-27-34-31-19-13-14-24-38(31)49(4,5)44(34)45(37)50(40,6)7/h8-29H,1-7H3. The van der Waals surface area contributed by atoms with E-state index in [1.807, 2.05) is 0 Å². The van der Waals surface area contributed by atoms with Crippen LogP contribution in [-0.4, -0.2) is 0 Å². The normalized spacial score (nSPS) is 15.1. The molecule has 0 atom stereocenters. The van der Waals surface area contributed by atoms with Crippen LogP contribution in [0.3, 0.4) is 0 Å². The van der Waals surface area contributed by atoms with Crippen molar-refractivity contribution in [3.8, 4) is 22.3 Å². The monoisotopic (exact) mass is 673 g/mol. The molecular weight excluding hydrogens is 631 g/mol. The molecule has 0 saturated heterocycles. The smallest absolute Gasteiger partial charge is 0.159 e. The highest BCUT2D eigenvalue weighted by Crippen LogP contribution is 2.61. The van der Waals surface area contributed by atoms with E-state index >= 15 is 0 Å². The summed E-state index contributed by atoms with van der Waals surface area (Å²) in [7, 11) is 0. The van der Waals surface area contributed by atoms with Gasteiger partial charge in [0.05, 0.1) is 11.4 Å². The van der Waals surface area contributed by atoms with Crippen molar-refractivity contribution < 1.29 is 4.42 Å². The van der Waals surface area contributed by atoms with E-state index in [9.17, 15) is 0 Å². The van der Waals surface area contributed by atoms with Crippen LogP contribution >= 0.6 is 0 Å². The molecule has 0 bridgehead atoms. The number of nitrogens with zero attached hydrogens (tertiary/aromatic N) is 1. The Bertz CT molecular complexity index is 2770. The molecule has 0 saturated carbocycles. The molecule has 10 rings (SSSR count). The van der Waals surface area contributed by atoms with Gasteiger partial charge in [-0.3, -0.25) is 0 Å². The minimum Gasteiger partial charge on any atom is -0.454 e. The van der Waals surface area contributed by atoms with E-state index in [1.54, 1.807) is 0 Å². The Hall–Kier alpha value is -5.60. The van der Waals surface area contributed by atoms with Gasteiger partial charge in [0.25, 0.3) is 0 Å². The summed E-state index contributed by atoms with van der Waals surface area (Å²) in [4.78, 5) is 2.44. The Labute approximate surface area is 306 Å². The maximum atomic E-state index is 7.02. The summed E-state index contributed by atoms with van der Waals surface area (Å²) >= 11 is 0. The molecule has 254 valence electrons. The van der Waals surface area contributed by atoms with Gasteiger partial charge in [-0.25, -0.2) is 0 Å². The van der Waals surface area contributed by atoms with Crippen molar-refractivity contribution in [2.45, 2.75) is 64.7 Å². The molecule has 1 heterocycles. The lowest BCUT2D eigenvalue weighted by atomic mass is 9.72. The zero-order chi connectivity index (χ0) is 35.7. The lowest BCUT2D eigenvalue weighted by molar-refractivity contribution is 0.573. The Morgan fingerprint density at radius 3 is 1.85 bits per heavy atom. The molecule has 8 aromatic rings. The molecule has 1 aromatic heterocycles. The maximum Gasteiger partial charge on any atom is 0.159 e. The van der Waals surface area contributed by atoms with Crippen LogP contribution < -0.4 is 4.90 Å². The van der Waals surface area contributed by atoms with E-state index in [1.165, 1.54) is 60.8 Å². The summed E-state index contributed by atoms with van der Waals surface area (Å²) in [5.74, 6) is 0. The number of hydrogen-bond acceptors (Lipinski definition) is 2. The fourth-order valence-corrected chi connectivity index (χ4v) is 9.75. The van der Waals surface area contributed by atoms with E-state index in [4.69, 9.17) is 4.42 Å². The number of hydrogen-bond donors (Lipinski definition) is 0. The molecule has 0 fully saturated rings. The topological polar surface area (TPSA) is 16.4 Å². The number of rotatable bonds is 3. The number of anilines is 3. The Kier molecular flexibility index (Phi) is 6.28. The third kappa shape index (κ3) is 4.07. The van der Waals surface area contributed by atoms with Crippen LogP contribution in [0.15, 0.2) is 138 Å². The third-order valence-corrected chi connectivity index (χ3v) is 12.1. The SMILES string of the molecule is CC(C)(C)c1cccc2c1oc1c(N(c3ccccc3)c3cc4c(c5ccccc35)-c3ccc5c(c3C4(C)C)C(C)(C)c3ccccc3-5)cccc12. The second-order valence-corrected chi connectivity index (χ2v) is 16.9. The van der Waals surface area contributed by atoms with Crippen molar-refractivity contribution in [2.24, 2.45) is 0 Å². The van der Waals surface area contributed by atoms with Gasteiger partial charge < -0.3 is 9.32 Å². The van der Waals surface area contributed by atoms with Gasteiger partial charge in [0.2, 0.25) is 0 Å². The molecule has 0 amide bonds. The van der Waals surface area contributed by atoms with Crippen LogP contribution in [0.4, 0.5) is 17.1 Å². The lowest BCUT2D eigenvalue weighted by Gasteiger charge is -2.32. The Balaban J connectivity index is 1.27. The van der Waals surface area contributed by atoms with Crippen molar-refractivity contribution in [2.75, 3.05) is 4.90 Å². The summed E-state index contributed by atoms with van der Waals surface area (Å²) < 4.78 is 7.02. The summed E-state index contributed by atoms with van der Waals surface area (Å²) in [6, 6.07) is 49.3. The largest absolute Gasteiger partial charge is 0.454 e. The molecule has 2 nitrogen and oxygen atoms in total. The molecule has 0 radical (unpaired) electrons. The van der Waals surface area contributed by atoms with Crippen LogP contribution in [-0.2, 0) is 16.2 Å². The first-order valence-electron chi connectivity index (χ1n) is 18.6. The van der Waals surface area contributed by atoms with Crippen LogP contribution in [0, 0.1) is 0 Å². The van der Waals surface area contributed by atoms with E-state index < -0.39 is 0 Å². The average Bonchev–Trinajstić information content (AvgIpc) is 3.72. The zero-order valence-electron chi connectivity index (χ0n) is 31.1. The number of furan rings is 1. The van der Waals surface area contributed by atoms with Gasteiger partial charge in [-0.15, -0.1) is 0 Å². The first-order valence-corrected chi connectivity index (χ1v) is 18.6. The average molecular weight is 674 g/mol. The highest BCUT2D eigenvalue weighted by Gasteiger charge is 2.46. The van der Waals surface area contributed by atoms with Crippen LogP contribution in [0.1, 0.15) is 76.3 Å². The van der Waals surface area contributed by atoms with Gasteiger partial charge in [0.15, 0.2) is 5.58 Å². The molecule has 0 N–H and O–H groups in total. The van der Waals surface area contributed by atoms with Crippen LogP contribution in [0.5, 0.6) is 0 Å². The molecule has 52 heavy (non-hydrogen) atoms. The van der Waals surface area contributed by atoms with Crippen molar-refractivity contribution >= 4 is 49.8 Å². The molecule has 0 aliphatic heterocycles. The van der Waals surface area contributed by atoms with E-state index in [2.05, 4.69) is 187 Å². The summed E-state index contributed by atoms with van der Waals surface area (Å²) in [6.45, 7) is 16.5. The Morgan fingerprint density at radius 2 is 1.08 bits per heavy atom. The molecule has 7 aromatic carbocycles. The molecular formula is C50H43NO. The third-order valence-electron chi connectivity index (χ3n) is 12.1. The predicted octanol–water partition coefficient (Wildman–Crippen LogP) is 14.1. The number of fused-ring (bicyclic) bond motifs is 12. The first kappa shape index (κ1) is 31.2. The second kappa shape index (κ2) is 10.5. The minimum atomic E-state index is -0.233. The Morgan fingerprint density at radius 1 is 0.481 bits per heavy atom. The molecule has 0 unspecified atom stereocenters. The summed E-state index contributed by atoms with van der Waals surface area (Å²) in [5.41, 5.74) is 17.2. The van der Waals surface area contributed by atoms with Crippen molar-refractivity contribution in [1.82, 2.24) is 0 Å². The predicted molar refractivity (Wildman–Crippen MR) is 220 cm³/mol. The van der Waals surface area contributed by atoms with Crippen LogP contribution in [0.2, 0.25) is 0 Å². The molecule has 2 heteroatoms. The molecule has 2 aliphatic rings. The summed E-state index contributed by atoms with van der Waals surface area (Å²) in [6.07, 6.45) is 0.